The van der Waals surface area contributed by atoms with Crippen LogP contribution >= 0.6 is 0 Å². The Labute approximate surface area is 138 Å². The molecule has 0 fully saturated rings. The third-order valence-electron chi connectivity index (χ3n) is 3.02. The van der Waals surface area contributed by atoms with Gasteiger partial charge in [-0.1, -0.05) is 13.3 Å². The molecule has 0 atom stereocenters. The summed E-state index contributed by atoms with van der Waals surface area (Å²) in [6.45, 7) is 5.65. The molecular weight excluding hydrogens is 300 g/mol. The van der Waals surface area contributed by atoms with E-state index in [0.717, 1.165) is 19.3 Å². The van der Waals surface area contributed by atoms with Gasteiger partial charge in [0, 0.05) is 25.9 Å². The van der Waals surface area contributed by atoms with Crippen molar-refractivity contribution in [1.29, 1.82) is 0 Å². The molecule has 0 spiro atoms. The smallest absolute Gasteiger partial charge is 0.245 e. The van der Waals surface area contributed by atoms with Gasteiger partial charge in [-0.25, -0.2) is 0 Å². The first kappa shape index (κ1) is 21.5. The first-order valence-corrected chi connectivity index (χ1v) is 8.24. The molecule has 2 amide bonds. The van der Waals surface area contributed by atoms with Gasteiger partial charge in [-0.15, -0.1) is 0 Å². The average Bonchev–Trinajstić information content (AvgIpc) is 2.52. The molecule has 0 radical (unpaired) electrons. The largest absolute Gasteiger partial charge is 0.377 e. The molecule has 0 aliphatic rings. The van der Waals surface area contributed by atoms with E-state index < -0.39 is 0 Å². The highest BCUT2D eigenvalue weighted by molar-refractivity contribution is 5.77. The zero-order valence-corrected chi connectivity index (χ0v) is 14.3. The van der Waals surface area contributed by atoms with Crippen LogP contribution < -0.4 is 10.6 Å². The Bertz CT molecular complexity index is 347. The summed E-state index contributed by atoms with van der Waals surface area (Å²) < 4.78 is 10.4. The van der Waals surface area contributed by atoms with Gasteiger partial charge in [-0.2, -0.15) is 0 Å². The number of ketones is 1. The molecule has 0 bridgehead atoms. The van der Waals surface area contributed by atoms with Crippen molar-refractivity contribution in [2.75, 3.05) is 39.5 Å². The maximum absolute atomic E-state index is 11.4. The van der Waals surface area contributed by atoms with E-state index in [9.17, 15) is 14.4 Å². The molecule has 0 saturated carbocycles. The first-order valence-electron chi connectivity index (χ1n) is 8.24. The molecule has 23 heavy (non-hydrogen) atoms. The molecular formula is C16H30N2O5. The van der Waals surface area contributed by atoms with E-state index in [-0.39, 0.29) is 24.2 Å². The molecule has 7 heteroatoms. The van der Waals surface area contributed by atoms with Crippen molar-refractivity contribution >= 4 is 17.6 Å². The predicted molar refractivity (Wildman–Crippen MR) is 87.1 cm³/mol. The molecule has 0 aliphatic carbocycles. The molecule has 0 heterocycles. The van der Waals surface area contributed by atoms with Gasteiger partial charge in [-0.3, -0.25) is 9.59 Å². The van der Waals surface area contributed by atoms with Crippen LogP contribution in [0.1, 0.15) is 46.0 Å². The lowest BCUT2D eigenvalue weighted by Gasteiger charge is -2.07. The lowest BCUT2D eigenvalue weighted by molar-refractivity contribution is -0.126. The second-order valence-corrected chi connectivity index (χ2v) is 5.23. The van der Waals surface area contributed by atoms with Crippen molar-refractivity contribution in [1.82, 2.24) is 10.6 Å². The fourth-order valence-corrected chi connectivity index (χ4v) is 1.73. The minimum absolute atomic E-state index is 0.00261. The summed E-state index contributed by atoms with van der Waals surface area (Å²) >= 11 is 0. The van der Waals surface area contributed by atoms with Crippen molar-refractivity contribution in [3.05, 3.63) is 0 Å². The number of hydrogen-bond acceptors (Lipinski definition) is 5. The van der Waals surface area contributed by atoms with Crippen LogP contribution in [0.3, 0.4) is 0 Å². The van der Waals surface area contributed by atoms with Gasteiger partial charge >= 0.3 is 0 Å². The Kier molecular flexibility index (Phi) is 14.4. The van der Waals surface area contributed by atoms with E-state index >= 15 is 0 Å². The third-order valence-corrected chi connectivity index (χ3v) is 3.02. The van der Waals surface area contributed by atoms with Crippen molar-refractivity contribution in [2.45, 2.75) is 46.0 Å². The Balaban J connectivity index is 3.24. The lowest BCUT2D eigenvalue weighted by Crippen LogP contribution is -2.29. The molecule has 0 aromatic carbocycles. The highest BCUT2D eigenvalue weighted by atomic mass is 16.5. The number of Topliss-reactive ketones (excluding diaryl/α,β-unsaturated/α-hetero) is 1. The minimum Gasteiger partial charge on any atom is -0.377 e. The number of carbonyl (C=O) groups excluding carboxylic acids is 3. The van der Waals surface area contributed by atoms with Crippen LogP contribution in [-0.2, 0) is 23.9 Å². The third kappa shape index (κ3) is 16.7. The SMILES string of the molecule is CCC(=O)NCCOCCOCC(=O)NCCCCCC(C)=O. The summed E-state index contributed by atoms with van der Waals surface area (Å²) in [7, 11) is 0. The minimum atomic E-state index is -0.147. The van der Waals surface area contributed by atoms with E-state index in [1.54, 1.807) is 13.8 Å². The number of carbonyl (C=O) groups is 3. The molecule has 0 aromatic heterocycles. The maximum atomic E-state index is 11.4. The van der Waals surface area contributed by atoms with Gasteiger partial charge in [0.2, 0.25) is 11.8 Å². The van der Waals surface area contributed by atoms with Gasteiger partial charge in [0.05, 0.1) is 19.8 Å². The van der Waals surface area contributed by atoms with Crippen LogP contribution in [0.5, 0.6) is 0 Å². The zero-order chi connectivity index (χ0) is 17.3. The number of unbranched alkanes of at least 4 members (excludes halogenated alkanes) is 2. The van der Waals surface area contributed by atoms with E-state index in [2.05, 4.69) is 10.6 Å². The first-order chi connectivity index (χ1) is 11.1. The molecule has 0 rings (SSSR count). The van der Waals surface area contributed by atoms with E-state index in [1.807, 2.05) is 0 Å². The molecule has 134 valence electrons. The van der Waals surface area contributed by atoms with Gasteiger partial charge in [-0.05, 0) is 19.8 Å². The summed E-state index contributed by atoms with van der Waals surface area (Å²) in [6, 6.07) is 0. The van der Waals surface area contributed by atoms with Crippen molar-refractivity contribution in [3.63, 3.8) is 0 Å². The summed E-state index contributed by atoms with van der Waals surface area (Å²) in [4.78, 5) is 33.1. The fourth-order valence-electron chi connectivity index (χ4n) is 1.73. The number of nitrogens with one attached hydrogen (secondary N) is 2. The number of hydrogen-bond donors (Lipinski definition) is 2. The molecule has 0 aliphatic heterocycles. The van der Waals surface area contributed by atoms with Crippen LogP contribution in [-0.4, -0.2) is 57.1 Å². The normalized spacial score (nSPS) is 10.3. The molecule has 2 N–H and O–H groups in total. The monoisotopic (exact) mass is 330 g/mol. The van der Waals surface area contributed by atoms with Crippen LogP contribution in [0.25, 0.3) is 0 Å². The summed E-state index contributed by atoms with van der Waals surface area (Å²) in [6.07, 6.45) is 3.75. The molecule has 0 saturated heterocycles. The van der Waals surface area contributed by atoms with Gasteiger partial charge in [0.25, 0.3) is 0 Å². The zero-order valence-electron chi connectivity index (χ0n) is 14.3. The van der Waals surface area contributed by atoms with Crippen molar-refractivity contribution in [2.24, 2.45) is 0 Å². The second kappa shape index (κ2) is 15.4. The van der Waals surface area contributed by atoms with Gasteiger partial charge < -0.3 is 24.9 Å². The number of amides is 2. The van der Waals surface area contributed by atoms with Crippen LogP contribution in [0, 0.1) is 0 Å². The molecule has 0 aromatic rings. The van der Waals surface area contributed by atoms with Crippen molar-refractivity contribution in [3.8, 4) is 0 Å². The van der Waals surface area contributed by atoms with Crippen LogP contribution in [0.15, 0.2) is 0 Å². The van der Waals surface area contributed by atoms with E-state index in [1.165, 1.54) is 0 Å². The summed E-state index contributed by atoms with van der Waals surface area (Å²) in [5.41, 5.74) is 0. The highest BCUT2D eigenvalue weighted by Crippen LogP contribution is 1.99. The summed E-state index contributed by atoms with van der Waals surface area (Å²) in [5, 5.41) is 5.46. The number of ether oxygens (including phenoxy) is 2. The lowest BCUT2D eigenvalue weighted by atomic mass is 10.1. The van der Waals surface area contributed by atoms with Crippen molar-refractivity contribution < 1.29 is 23.9 Å². The predicted octanol–water partition coefficient (Wildman–Crippen LogP) is 0.811. The maximum Gasteiger partial charge on any atom is 0.245 e. The molecule has 7 nitrogen and oxygen atoms in total. The average molecular weight is 330 g/mol. The quantitative estimate of drug-likeness (QED) is 0.433. The van der Waals surface area contributed by atoms with E-state index in [4.69, 9.17) is 9.47 Å². The fraction of sp³-hybridized carbons (Fsp3) is 0.812. The van der Waals surface area contributed by atoms with Crippen LogP contribution in [0.2, 0.25) is 0 Å². The highest BCUT2D eigenvalue weighted by Gasteiger charge is 2.01. The standard InChI is InChI=1S/C16H30N2O5/c1-3-15(20)18-9-10-22-11-12-23-13-16(21)17-8-6-4-5-7-14(2)19/h3-13H2,1-2H3,(H,17,21)(H,18,20). The Morgan fingerprint density at radius 1 is 0.826 bits per heavy atom. The Morgan fingerprint density at radius 2 is 1.52 bits per heavy atom. The second-order valence-electron chi connectivity index (χ2n) is 5.23. The Morgan fingerprint density at radius 3 is 2.22 bits per heavy atom. The summed E-state index contributed by atoms with van der Waals surface area (Å²) in [5.74, 6) is 0.0620. The van der Waals surface area contributed by atoms with Gasteiger partial charge in [0.1, 0.15) is 12.4 Å². The Hall–Kier alpha value is -1.47. The van der Waals surface area contributed by atoms with Gasteiger partial charge in [0.15, 0.2) is 0 Å². The molecule has 0 unspecified atom stereocenters. The van der Waals surface area contributed by atoms with Crippen LogP contribution in [0.4, 0.5) is 0 Å². The topological polar surface area (TPSA) is 93.7 Å². The van der Waals surface area contributed by atoms with E-state index in [0.29, 0.717) is 45.8 Å². The number of rotatable bonds is 15.